The molecule has 0 radical (unpaired) electrons. The minimum absolute atomic E-state index is 0.0204. The topological polar surface area (TPSA) is 89.2 Å². The number of carbonyl (C=O) groups is 2. The molecule has 8 heteroatoms. The van der Waals surface area contributed by atoms with Crippen LogP contribution in [0.25, 0.3) is 0 Å². The Morgan fingerprint density at radius 1 is 1.43 bits per heavy atom. The molecular weight excluding hydrogens is 296 g/mol. The van der Waals surface area contributed by atoms with E-state index in [0.29, 0.717) is 30.4 Å². The molecule has 0 aliphatic rings. The maximum absolute atomic E-state index is 12.0. The normalized spacial score (nSPS) is 10.6. The van der Waals surface area contributed by atoms with Crippen molar-refractivity contribution in [2.75, 3.05) is 6.54 Å². The van der Waals surface area contributed by atoms with Gasteiger partial charge in [0.1, 0.15) is 5.69 Å². The number of imidazole rings is 1. The molecule has 2 N–H and O–H groups in total. The smallest absolute Gasteiger partial charge is 0.356 e. The summed E-state index contributed by atoms with van der Waals surface area (Å²) < 4.78 is 3.37. The number of halogens is 1. The maximum Gasteiger partial charge on any atom is 0.356 e. The molecule has 7 nitrogen and oxygen atoms in total. The molecule has 2 heterocycles. The lowest BCUT2D eigenvalue weighted by Gasteiger charge is -2.07. The number of nitrogens with zero attached hydrogens (tertiary/aromatic N) is 3. The summed E-state index contributed by atoms with van der Waals surface area (Å²) in [6.45, 7) is 3.37. The number of carbonyl (C=O) groups excluding carboxylic acids is 1. The van der Waals surface area contributed by atoms with Crippen LogP contribution in [0.5, 0.6) is 0 Å². The van der Waals surface area contributed by atoms with Gasteiger partial charge < -0.3 is 19.6 Å². The monoisotopic (exact) mass is 310 g/mol. The molecule has 112 valence electrons. The van der Waals surface area contributed by atoms with Gasteiger partial charge in [0, 0.05) is 32.0 Å². The van der Waals surface area contributed by atoms with Crippen LogP contribution >= 0.6 is 11.6 Å². The van der Waals surface area contributed by atoms with E-state index in [1.165, 1.54) is 12.5 Å². The van der Waals surface area contributed by atoms with E-state index in [2.05, 4.69) is 10.3 Å². The zero-order valence-electron chi connectivity index (χ0n) is 11.4. The highest BCUT2D eigenvalue weighted by Crippen LogP contribution is 2.13. The fourth-order valence-electron chi connectivity index (χ4n) is 1.91. The predicted molar refractivity (Wildman–Crippen MR) is 76.6 cm³/mol. The van der Waals surface area contributed by atoms with Gasteiger partial charge in [-0.05, 0) is 13.0 Å². The molecule has 21 heavy (non-hydrogen) atoms. The van der Waals surface area contributed by atoms with Crippen molar-refractivity contribution < 1.29 is 14.7 Å². The number of aromatic nitrogens is 3. The molecule has 0 unspecified atom stereocenters. The minimum Gasteiger partial charge on any atom is -0.476 e. The highest BCUT2D eigenvalue weighted by Gasteiger charge is 2.12. The molecule has 0 bridgehead atoms. The van der Waals surface area contributed by atoms with Crippen molar-refractivity contribution >= 4 is 23.5 Å². The number of carboxylic acid groups (broad SMARTS) is 1. The van der Waals surface area contributed by atoms with Crippen molar-refractivity contribution in [1.29, 1.82) is 0 Å². The van der Waals surface area contributed by atoms with E-state index in [4.69, 9.17) is 16.7 Å². The van der Waals surface area contributed by atoms with Gasteiger partial charge in [-0.1, -0.05) is 11.6 Å². The SMILES string of the molecule is CCn1cc(Cl)cc1C(=O)NCCn1cnc(C(=O)O)c1. The molecule has 0 saturated heterocycles. The average molecular weight is 311 g/mol. The second kappa shape index (κ2) is 6.45. The molecule has 2 rings (SSSR count). The first-order valence-electron chi connectivity index (χ1n) is 6.40. The molecule has 0 aliphatic heterocycles. The Hall–Kier alpha value is -2.28. The summed E-state index contributed by atoms with van der Waals surface area (Å²) in [6.07, 6.45) is 4.53. The molecule has 0 aliphatic carbocycles. The highest BCUT2D eigenvalue weighted by molar-refractivity contribution is 6.31. The summed E-state index contributed by atoms with van der Waals surface area (Å²) >= 11 is 5.88. The molecule has 0 fully saturated rings. The van der Waals surface area contributed by atoms with Crippen molar-refractivity contribution in [1.82, 2.24) is 19.4 Å². The van der Waals surface area contributed by atoms with Crippen LogP contribution in [-0.2, 0) is 13.1 Å². The zero-order chi connectivity index (χ0) is 15.4. The van der Waals surface area contributed by atoms with Gasteiger partial charge in [-0.15, -0.1) is 0 Å². The van der Waals surface area contributed by atoms with Gasteiger partial charge in [-0.2, -0.15) is 0 Å². The van der Waals surface area contributed by atoms with Crippen LogP contribution in [0.15, 0.2) is 24.8 Å². The highest BCUT2D eigenvalue weighted by atomic mass is 35.5. The van der Waals surface area contributed by atoms with Gasteiger partial charge in [0.05, 0.1) is 11.3 Å². The minimum atomic E-state index is -1.08. The van der Waals surface area contributed by atoms with Crippen LogP contribution in [0.3, 0.4) is 0 Å². The number of nitrogens with one attached hydrogen (secondary N) is 1. The van der Waals surface area contributed by atoms with Gasteiger partial charge in [0.25, 0.3) is 5.91 Å². The fraction of sp³-hybridized carbons (Fsp3) is 0.308. The molecule has 0 spiro atoms. The second-order valence-electron chi connectivity index (χ2n) is 4.39. The average Bonchev–Trinajstić information content (AvgIpc) is 3.05. The summed E-state index contributed by atoms with van der Waals surface area (Å²) in [7, 11) is 0. The Morgan fingerprint density at radius 2 is 2.19 bits per heavy atom. The number of hydrogen-bond donors (Lipinski definition) is 2. The second-order valence-corrected chi connectivity index (χ2v) is 4.82. The zero-order valence-corrected chi connectivity index (χ0v) is 12.2. The first-order chi connectivity index (χ1) is 10.0. The third-order valence-electron chi connectivity index (χ3n) is 2.94. The summed E-state index contributed by atoms with van der Waals surface area (Å²) in [5, 5.41) is 12.0. The Labute approximate surface area is 126 Å². The Kier molecular flexibility index (Phi) is 4.64. The fourth-order valence-corrected chi connectivity index (χ4v) is 2.13. The Bertz CT molecular complexity index is 662. The lowest BCUT2D eigenvalue weighted by atomic mass is 10.4. The summed E-state index contributed by atoms with van der Waals surface area (Å²) in [6, 6.07) is 1.61. The summed E-state index contributed by atoms with van der Waals surface area (Å²) in [5.74, 6) is -1.30. The number of hydrogen-bond acceptors (Lipinski definition) is 3. The van der Waals surface area contributed by atoms with Crippen molar-refractivity contribution in [3.63, 3.8) is 0 Å². The van der Waals surface area contributed by atoms with E-state index in [9.17, 15) is 9.59 Å². The summed E-state index contributed by atoms with van der Waals surface area (Å²) in [5.41, 5.74) is 0.479. The Morgan fingerprint density at radius 3 is 2.81 bits per heavy atom. The van der Waals surface area contributed by atoms with E-state index < -0.39 is 5.97 Å². The van der Waals surface area contributed by atoms with Crippen LogP contribution < -0.4 is 5.32 Å². The standard InChI is InChI=1S/C13H15ClN4O3/c1-2-18-6-9(14)5-11(18)12(19)15-3-4-17-7-10(13(20)21)16-8-17/h5-8H,2-4H2,1H3,(H,15,19)(H,20,21). The molecular formula is C13H15ClN4O3. The van der Waals surface area contributed by atoms with Crippen molar-refractivity contribution in [3.8, 4) is 0 Å². The molecule has 1 amide bonds. The van der Waals surface area contributed by atoms with Gasteiger partial charge in [-0.25, -0.2) is 9.78 Å². The lowest BCUT2D eigenvalue weighted by molar-refractivity contribution is 0.0690. The third-order valence-corrected chi connectivity index (χ3v) is 3.15. The van der Waals surface area contributed by atoms with Crippen LogP contribution in [-0.4, -0.2) is 37.6 Å². The van der Waals surface area contributed by atoms with Crippen molar-refractivity contribution in [2.24, 2.45) is 0 Å². The predicted octanol–water partition coefficient (Wildman–Crippen LogP) is 1.49. The van der Waals surface area contributed by atoms with E-state index in [1.807, 2.05) is 6.92 Å². The van der Waals surface area contributed by atoms with Gasteiger partial charge in [0.2, 0.25) is 0 Å². The molecule has 0 saturated carbocycles. The van der Waals surface area contributed by atoms with Gasteiger partial charge in [0.15, 0.2) is 5.69 Å². The number of amides is 1. The van der Waals surface area contributed by atoms with Crippen LogP contribution in [0.2, 0.25) is 5.02 Å². The van der Waals surface area contributed by atoms with Crippen LogP contribution in [0, 0.1) is 0 Å². The largest absolute Gasteiger partial charge is 0.476 e. The molecule has 0 aromatic carbocycles. The molecule has 0 atom stereocenters. The van der Waals surface area contributed by atoms with E-state index in [0.717, 1.165) is 0 Å². The van der Waals surface area contributed by atoms with Crippen molar-refractivity contribution in [3.05, 3.63) is 41.2 Å². The summed E-state index contributed by atoms with van der Waals surface area (Å²) in [4.78, 5) is 26.5. The molecule has 2 aromatic rings. The van der Waals surface area contributed by atoms with Crippen LogP contribution in [0.4, 0.5) is 0 Å². The van der Waals surface area contributed by atoms with Crippen LogP contribution in [0.1, 0.15) is 27.9 Å². The number of aromatic carboxylic acids is 1. The third kappa shape index (κ3) is 3.63. The lowest BCUT2D eigenvalue weighted by Crippen LogP contribution is -2.28. The van der Waals surface area contributed by atoms with E-state index in [-0.39, 0.29) is 11.6 Å². The van der Waals surface area contributed by atoms with Crippen molar-refractivity contribution in [2.45, 2.75) is 20.0 Å². The number of carboxylic acids is 1. The molecule has 2 aromatic heterocycles. The maximum atomic E-state index is 12.0. The Balaban J connectivity index is 1.90. The number of rotatable bonds is 6. The van der Waals surface area contributed by atoms with Gasteiger partial charge in [-0.3, -0.25) is 4.79 Å². The van der Waals surface area contributed by atoms with E-state index >= 15 is 0 Å². The van der Waals surface area contributed by atoms with Gasteiger partial charge >= 0.3 is 5.97 Å². The first-order valence-corrected chi connectivity index (χ1v) is 6.78. The van der Waals surface area contributed by atoms with E-state index in [1.54, 1.807) is 21.4 Å². The number of aryl methyl sites for hydroxylation is 1. The first kappa shape index (κ1) is 15.1. The quantitative estimate of drug-likeness (QED) is 0.846.